The molecular formula is C26H19F3N2O4S. The fourth-order valence-electron chi connectivity index (χ4n) is 3.51. The molecule has 0 heterocycles. The topological polar surface area (TPSA) is 89.9 Å². The van der Waals surface area contributed by atoms with Gasteiger partial charge >= 0.3 is 6.18 Å². The Morgan fingerprint density at radius 2 is 1.44 bits per heavy atom. The minimum absolute atomic E-state index is 0.0703. The monoisotopic (exact) mass is 512 g/mol. The maximum Gasteiger partial charge on any atom is 0.416 e. The van der Waals surface area contributed by atoms with Crippen LogP contribution in [0.5, 0.6) is 5.75 Å². The van der Waals surface area contributed by atoms with E-state index in [9.17, 15) is 31.8 Å². The minimum Gasteiger partial charge on any atom is -0.506 e. The zero-order valence-electron chi connectivity index (χ0n) is 18.4. The summed E-state index contributed by atoms with van der Waals surface area (Å²) in [6, 6.07) is 23.9. The SMILES string of the molecule is O=C(Nc1ccc(O)c(N(c2ccc(C(F)(F)F)cc2)S(=O)O)c1)c1ccc(-c2ccccc2)cc1. The Morgan fingerprint density at radius 1 is 0.833 bits per heavy atom. The Balaban J connectivity index is 1.58. The van der Waals surface area contributed by atoms with Gasteiger partial charge in [-0.3, -0.25) is 9.35 Å². The van der Waals surface area contributed by atoms with Gasteiger partial charge in [-0.25, -0.2) is 8.51 Å². The second-order valence-electron chi connectivity index (χ2n) is 7.67. The van der Waals surface area contributed by atoms with Crippen molar-refractivity contribution in [2.24, 2.45) is 0 Å². The van der Waals surface area contributed by atoms with Crippen molar-refractivity contribution in [3.63, 3.8) is 0 Å². The number of alkyl halides is 3. The van der Waals surface area contributed by atoms with Crippen molar-refractivity contribution in [2.75, 3.05) is 9.62 Å². The van der Waals surface area contributed by atoms with Crippen LogP contribution in [0.2, 0.25) is 0 Å². The molecule has 4 aromatic carbocycles. The molecule has 0 saturated heterocycles. The van der Waals surface area contributed by atoms with Gasteiger partial charge in [0.05, 0.1) is 11.3 Å². The Hall–Kier alpha value is -4.15. The molecule has 1 unspecified atom stereocenters. The average Bonchev–Trinajstić information content (AvgIpc) is 2.86. The van der Waals surface area contributed by atoms with Gasteiger partial charge in [-0.1, -0.05) is 42.5 Å². The van der Waals surface area contributed by atoms with Gasteiger partial charge in [0.1, 0.15) is 11.4 Å². The van der Waals surface area contributed by atoms with Crippen LogP contribution in [0.15, 0.2) is 97.1 Å². The smallest absolute Gasteiger partial charge is 0.416 e. The number of hydrogen-bond acceptors (Lipinski definition) is 3. The molecule has 1 amide bonds. The molecule has 3 N–H and O–H groups in total. The van der Waals surface area contributed by atoms with Gasteiger partial charge in [-0.2, -0.15) is 13.2 Å². The first kappa shape index (κ1) is 25.0. The van der Waals surface area contributed by atoms with Crippen molar-refractivity contribution in [1.29, 1.82) is 0 Å². The zero-order valence-corrected chi connectivity index (χ0v) is 19.3. The normalized spacial score (nSPS) is 12.1. The zero-order chi connectivity index (χ0) is 25.9. The van der Waals surface area contributed by atoms with Crippen molar-refractivity contribution >= 4 is 34.2 Å². The molecule has 6 nitrogen and oxygen atoms in total. The summed E-state index contributed by atoms with van der Waals surface area (Å²) in [7, 11) is 0. The molecule has 4 rings (SSSR count). The molecule has 0 aliphatic rings. The number of carbonyl (C=O) groups excluding carboxylic acids is 1. The molecule has 0 spiro atoms. The molecule has 0 radical (unpaired) electrons. The Morgan fingerprint density at radius 3 is 2.03 bits per heavy atom. The van der Waals surface area contributed by atoms with Crippen LogP contribution in [0.4, 0.5) is 30.2 Å². The first-order valence-corrected chi connectivity index (χ1v) is 11.6. The van der Waals surface area contributed by atoms with Gasteiger partial charge in [0.25, 0.3) is 17.2 Å². The number of benzene rings is 4. The lowest BCUT2D eigenvalue weighted by Crippen LogP contribution is -2.20. The van der Waals surface area contributed by atoms with E-state index in [-0.39, 0.29) is 17.1 Å². The predicted molar refractivity (Wildman–Crippen MR) is 132 cm³/mol. The van der Waals surface area contributed by atoms with E-state index in [0.717, 1.165) is 39.7 Å². The van der Waals surface area contributed by atoms with Crippen molar-refractivity contribution in [1.82, 2.24) is 0 Å². The molecule has 0 aromatic heterocycles. The minimum atomic E-state index is -4.58. The summed E-state index contributed by atoms with van der Waals surface area (Å²) >= 11 is -2.74. The highest BCUT2D eigenvalue weighted by Gasteiger charge is 2.30. The quantitative estimate of drug-likeness (QED) is 0.200. The van der Waals surface area contributed by atoms with Crippen molar-refractivity contribution in [3.05, 3.63) is 108 Å². The van der Waals surface area contributed by atoms with E-state index in [0.29, 0.717) is 5.56 Å². The number of nitrogens with zero attached hydrogens (tertiary/aromatic N) is 1. The van der Waals surface area contributed by atoms with Crippen molar-refractivity contribution < 1.29 is 31.8 Å². The molecule has 10 heteroatoms. The molecule has 0 saturated carbocycles. The number of hydrogen-bond donors (Lipinski definition) is 3. The highest BCUT2D eigenvalue weighted by molar-refractivity contribution is 7.81. The number of anilines is 3. The van der Waals surface area contributed by atoms with Crippen LogP contribution in [0.25, 0.3) is 11.1 Å². The second-order valence-corrected chi connectivity index (χ2v) is 8.50. The standard InChI is InChI=1S/C26H19F3N2O4S/c27-26(28,29)20-10-13-22(14-11-20)31(36(34)35)23-16-21(12-15-24(23)32)30-25(33)19-8-6-18(7-9-19)17-4-2-1-3-5-17/h1-16,32H,(H,30,33)(H,34,35). The lowest BCUT2D eigenvalue weighted by atomic mass is 10.0. The fourth-order valence-corrected chi connectivity index (χ4v) is 4.13. The molecule has 0 bridgehead atoms. The summed E-state index contributed by atoms with van der Waals surface area (Å²) in [5.41, 5.74) is 1.28. The number of aromatic hydroxyl groups is 1. The van der Waals surface area contributed by atoms with Crippen LogP contribution >= 0.6 is 0 Å². The summed E-state index contributed by atoms with van der Waals surface area (Å²) < 4.78 is 61.3. The number of halogens is 3. The number of amides is 1. The van der Waals surface area contributed by atoms with E-state index in [4.69, 9.17) is 0 Å². The Kier molecular flexibility index (Phi) is 7.09. The van der Waals surface area contributed by atoms with Gasteiger partial charge in [-0.05, 0) is 65.7 Å². The van der Waals surface area contributed by atoms with E-state index >= 15 is 0 Å². The van der Waals surface area contributed by atoms with Gasteiger partial charge in [0.2, 0.25) is 0 Å². The summed E-state index contributed by atoms with van der Waals surface area (Å²) in [6.45, 7) is 0. The molecule has 4 aromatic rings. The second kappa shape index (κ2) is 10.2. The first-order chi connectivity index (χ1) is 17.1. The fraction of sp³-hybridized carbons (Fsp3) is 0.0385. The Bertz CT molecular complexity index is 1390. The van der Waals surface area contributed by atoms with Gasteiger partial charge < -0.3 is 10.4 Å². The number of phenols is 1. The average molecular weight is 513 g/mol. The van der Waals surface area contributed by atoms with Gasteiger partial charge in [-0.15, -0.1) is 0 Å². The number of nitrogens with one attached hydrogen (secondary N) is 1. The lowest BCUT2D eigenvalue weighted by molar-refractivity contribution is -0.137. The van der Waals surface area contributed by atoms with Crippen LogP contribution in [-0.2, 0) is 17.4 Å². The number of phenolic OH excluding ortho intramolecular Hbond substituents is 1. The summed E-state index contributed by atoms with van der Waals surface area (Å²) in [5.74, 6) is -0.875. The third kappa shape index (κ3) is 5.56. The van der Waals surface area contributed by atoms with Crippen LogP contribution in [0, 0.1) is 0 Å². The van der Waals surface area contributed by atoms with E-state index < -0.39 is 34.7 Å². The van der Waals surface area contributed by atoms with E-state index in [1.807, 2.05) is 30.3 Å². The first-order valence-electron chi connectivity index (χ1n) is 10.5. The summed E-state index contributed by atoms with van der Waals surface area (Å²) in [5, 5.41) is 13.0. The molecule has 184 valence electrons. The molecule has 1 atom stereocenters. The van der Waals surface area contributed by atoms with Gasteiger partial charge in [0, 0.05) is 11.3 Å². The largest absolute Gasteiger partial charge is 0.506 e. The third-order valence-corrected chi connectivity index (χ3v) is 6.01. The van der Waals surface area contributed by atoms with Crippen LogP contribution in [0.3, 0.4) is 0 Å². The maximum absolute atomic E-state index is 12.9. The molecule has 36 heavy (non-hydrogen) atoms. The molecule has 0 aliphatic heterocycles. The molecule has 0 aliphatic carbocycles. The van der Waals surface area contributed by atoms with Crippen LogP contribution < -0.4 is 9.62 Å². The molecule has 0 fully saturated rings. The third-order valence-electron chi connectivity index (χ3n) is 5.29. The van der Waals surface area contributed by atoms with Crippen LogP contribution in [-0.4, -0.2) is 19.8 Å². The van der Waals surface area contributed by atoms with Gasteiger partial charge in [0.15, 0.2) is 0 Å². The highest BCUT2D eigenvalue weighted by atomic mass is 32.2. The lowest BCUT2D eigenvalue weighted by Gasteiger charge is -2.22. The van der Waals surface area contributed by atoms with E-state index in [1.54, 1.807) is 24.3 Å². The number of carbonyl (C=O) groups is 1. The predicted octanol–water partition coefficient (Wildman–Crippen LogP) is 6.61. The highest BCUT2D eigenvalue weighted by Crippen LogP contribution is 2.38. The summed E-state index contributed by atoms with van der Waals surface area (Å²) in [4.78, 5) is 12.8. The van der Waals surface area contributed by atoms with E-state index in [1.165, 1.54) is 18.2 Å². The van der Waals surface area contributed by atoms with Crippen molar-refractivity contribution in [2.45, 2.75) is 6.18 Å². The van der Waals surface area contributed by atoms with Crippen molar-refractivity contribution in [3.8, 4) is 16.9 Å². The van der Waals surface area contributed by atoms with Crippen LogP contribution in [0.1, 0.15) is 15.9 Å². The summed E-state index contributed by atoms with van der Waals surface area (Å²) in [6.07, 6.45) is -4.58. The maximum atomic E-state index is 12.9. The Labute approximate surface area is 207 Å². The number of rotatable bonds is 6. The molecular weight excluding hydrogens is 493 g/mol. The van der Waals surface area contributed by atoms with E-state index in [2.05, 4.69) is 5.32 Å².